The molecule has 3 rings (SSSR count). The van der Waals surface area contributed by atoms with E-state index in [2.05, 4.69) is 41.3 Å². The molecule has 190 valence electrons. The molecular weight excluding hydrogens is 494 g/mol. The van der Waals surface area contributed by atoms with Crippen LogP contribution in [0.3, 0.4) is 0 Å². The molecule has 0 unspecified atom stereocenters. The molecule has 0 spiro atoms. The van der Waals surface area contributed by atoms with Crippen LogP contribution in [0.1, 0.15) is 53.6 Å². The topological polar surface area (TPSA) is 88.9 Å². The number of carbonyl (C=O) groups excluding carboxylic acids is 2. The molecule has 2 aromatic carbocycles. The first-order valence-corrected chi connectivity index (χ1v) is 13.1. The third kappa shape index (κ3) is 7.21. The van der Waals surface area contributed by atoms with E-state index in [1.54, 1.807) is 30.3 Å². The van der Waals surface area contributed by atoms with Crippen LogP contribution in [0.15, 0.2) is 60.3 Å². The van der Waals surface area contributed by atoms with E-state index in [0.29, 0.717) is 34.5 Å². The van der Waals surface area contributed by atoms with Crippen LogP contribution in [0.2, 0.25) is 5.02 Å². The molecule has 1 heterocycles. The zero-order chi connectivity index (χ0) is 26.2. The lowest BCUT2D eigenvalue weighted by Gasteiger charge is -2.21. The van der Waals surface area contributed by atoms with Crippen LogP contribution in [0.4, 0.5) is 5.69 Å². The molecule has 0 bridgehead atoms. The van der Waals surface area contributed by atoms with E-state index < -0.39 is 0 Å². The zero-order valence-corrected chi connectivity index (χ0v) is 22.6. The van der Waals surface area contributed by atoms with Gasteiger partial charge in [-0.05, 0) is 61.6 Å². The molecule has 2 amide bonds. The number of aromatic nitrogens is 3. The highest BCUT2D eigenvalue weighted by Gasteiger charge is 2.25. The van der Waals surface area contributed by atoms with Crippen LogP contribution in [-0.4, -0.2) is 32.3 Å². The summed E-state index contributed by atoms with van der Waals surface area (Å²) in [7, 11) is 0. The van der Waals surface area contributed by atoms with Crippen molar-refractivity contribution < 1.29 is 9.59 Å². The van der Waals surface area contributed by atoms with E-state index in [-0.39, 0.29) is 29.5 Å². The summed E-state index contributed by atoms with van der Waals surface area (Å²) in [6, 6.07) is 12.4. The fourth-order valence-corrected chi connectivity index (χ4v) is 4.67. The molecule has 0 saturated heterocycles. The number of hydrogen-bond acceptors (Lipinski definition) is 5. The van der Waals surface area contributed by atoms with Gasteiger partial charge in [-0.1, -0.05) is 61.5 Å². The maximum atomic E-state index is 13.0. The molecule has 7 nitrogen and oxygen atoms in total. The maximum absolute atomic E-state index is 13.0. The molecular formula is C27H32ClN5O2S. The number of aryl methyl sites for hydroxylation is 2. The second-order valence-corrected chi connectivity index (χ2v) is 10.4. The second kappa shape index (κ2) is 12.7. The highest BCUT2D eigenvalue weighted by Crippen LogP contribution is 2.26. The highest BCUT2D eigenvalue weighted by atomic mass is 35.5. The zero-order valence-electron chi connectivity index (χ0n) is 21.0. The Balaban J connectivity index is 1.77. The van der Waals surface area contributed by atoms with Gasteiger partial charge < -0.3 is 15.2 Å². The number of halogens is 1. The molecule has 0 aliphatic carbocycles. The number of anilines is 1. The van der Waals surface area contributed by atoms with E-state index >= 15 is 0 Å². The van der Waals surface area contributed by atoms with Crippen molar-refractivity contribution in [1.82, 2.24) is 20.1 Å². The Hall–Kier alpha value is -3.10. The largest absolute Gasteiger partial charge is 0.342 e. The average Bonchev–Trinajstić information content (AvgIpc) is 3.22. The predicted octanol–water partition coefficient (Wildman–Crippen LogP) is 5.98. The van der Waals surface area contributed by atoms with Gasteiger partial charge in [-0.15, -0.1) is 16.8 Å². The quantitative estimate of drug-likeness (QED) is 0.237. The third-order valence-electron chi connectivity index (χ3n) is 5.62. The van der Waals surface area contributed by atoms with Gasteiger partial charge >= 0.3 is 0 Å². The van der Waals surface area contributed by atoms with Crippen molar-refractivity contribution in [3.8, 4) is 0 Å². The fraction of sp³-hybridized carbons (Fsp3) is 0.333. The molecule has 36 heavy (non-hydrogen) atoms. The minimum Gasteiger partial charge on any atom is -0.342 e. The van der Waals surface area contributed by atoms with Crippen molar-refractivity contribution >= 4 is 40.9 Å². The average molecular weight is 526 g/mol. The van der Waals surface area contributed by atoms with Gasteiger partial charge in [-0.25, -0.2) is 0 Å². The molecule has 0 saturated carbocycles. The van der Waals surface area contributed by atoms with Crippen molar-refractivity contribution in [1.29, 1.82) is 0 Å². The fourth-order valence-electron chi connectivity index (χ4n) is 3.69. The van der Waals surface area contributed by atoms with E-state index in [4.69, 9.17) is 11.6 Å². The summed E-state index contributed by atoms with van der Waals surface area (Å²) < 4.78 is 1.89. The summed E-state index contributed by atoms with van der Waals surface area (Å²) in [6.45, 7) is 12.5. The van der Waals surface area contributed by atoms with Crippen LogP contribution in [0.25, 0.3) is 0 Å². The summed E-state index contributed by atoms with van der Waals surface area (Å²) in [5.74, 6) is 0.657. The van der Waals surface area contributed by atoms with Gasteiger partial charge in [0.25, 0.3) is 5.91 Å². The van der Waals surface area contributed by atoms with Gasteiger partial charge in [0, 0.05) is 12.2 Å². The van der Waals surface area contributed by atoms with Crippen molar-refractivity contribution in [3.05, 3.63) is 82.7 Å². The van der Waals surface area contributed by atoms with Crippen LogP contribution in [0.5, 0.6) is 0 Å². The summed E-state index contributed by atoms with van der Waals surface area (Å²) in [4.78, 5) is 25.6. The predicted molar refractivity (Wildman–Crippen MR) is 147 cm³/mol. The first kappa shape index (κ1) is 27.5. The van der Waals surface area contributed by atoms with E-state index in [9.17, 15) is 9.59 Å². The molecule has 1 aromatic heterocycles. The van der Waals surface area contributed by atoms with Crippen LogP contribution in [0, 0.1) is 19.8 Å². The number of nitrogens with zero attached hydrogens (tertiary/aromatic N) is 3. The van der Waals surface area contributed by atoms with Crippen LogP contribution in [-0.2, 0) is 11.3 Å². The van der Waals surface area contributed by atoms with Gasteiger partial charge in [-0.3, -0.25) is 9.59 Å². The molecule has 0 fully saturated rings. The molecule has 2 N–H and O–H groups in total. The van der Waals surface area contributed by atoms with Gasteiger partial charge in [0.05, 0.1) is 22.4 Å². The van der Waals surface area contributed by atoms with Gasteiger partial charge in [0.15, 0.2) is 11.0 Å². The third-order valence-corrected chi connectivity index (χ3v) is 6.92. The monoisotopic (exact) mass is 525 g/mol. The first-order chi connectivity index (χ1) is 17.2. The summed E-state index contributed by atoms with van der Waals surface area (Å²) in [5, 5.41) is 15.7. The Morgan fingerprint density at radius 3 is 2.56 bits per heavy atom. The smallest absolute Gasteiger partial charge is 0.253 e. The number of hydrogen-bond donors (Lipinski definition) is 2. The Morgan fingerprint density at radius 2 is 1.89 bits per heavy atom. The standard InChI is InChI=1S/C27H32ClN5O2S/c1-6-13-33-25(23(14-17(2)3)30-26(35)21-9-7-8-10-22(21)28)31-32-27(33)36-16-24(34)29-20-12-11-18(4)19(5)15-20/h6-12,15,17,23H,1,13-14,16H2,2-5H3,(H,29,34)(H,30,35)/t23-/m0/s1. The lowest BCUT2D eigenvalue weighted by molar-refractivity contribution is -0.113. The number of nitrogens with one attached hydrogen (secondary N) is 2. The maximum Gasteiger partial charge on any atom is 0.253 e. The van der Waals surface area contributed by atoms with Crippen molar-refractivity contribution in [3.63, 3.8) is 0 Å². The molecule has 9 heteroatoms. The van der Waals surface area contributed by atoms with Crippen molar-refractivity contribution in [2.45, 2.75) is 51.9 Å². The Bertz CT molecular complexity index is 1240. The number of carbonyl (C=O) groups is 2. The number of allylic oxidation sites excluding steroid dienone is 1. The second-order valence-electron chi connectivity index (χ2n) is 9.01. The summed E-state index contributed by atoms with van der Waals surface area (Å²) >= 11 is 7.53. The minimum atomic E-state index is -0.389. The number of rotatable bonds is 11. The Morgan fingerprint density at radius 1 is 1.14 bits per heavy atom. The molecule has 0 radical (unpaired) electrons. The van der Waals surface area contributed by atoms with Gasteiger partial charge in [0.1, 0.15) is 0 Å². The lowest BCUT2D eigenvalue weighted by Crippen LogP contribution is -2.32. The van der Waals surface area contributed by atoms with E-state index in [0.717, 1.165) is 11.3 Å². The van der Waals surface area contributed by atoms with Crippen molar-refractivity contribution in [2.75, 3.05) is 11.1 Å². The number of thioether (sulfide) groups is 1. The summed E-state index contributed by atoms with van der Waals surface area (Å²) in [5.41, 5.74) is 3.45. The van der Waals surface area contributed by atoms with Crippen LogP contribution >= 0.6 is 23.4 Å². The molecule has 1 atom stereocenters. The number of benzene rings is 2. The Kier molecular flexibility index (Phi) is 9.73. The van der Waals surface area contributed by atoms with E-state index in [1.807, 2.05) is 36.6 Å². The minimum absolute atomic E-state index is 0.135. The lowest BCUT2D eigenvalue weighted by atomic mass is 10.0. The normalized spacial score (nSPS) is 11.8. The van der Waals surface area contributed by atoms with Crippen LogP contribution < -0.4 is 10.6 Å². The summed E-state index contributed by atoms with van der Waals surface area (Å²) in [6.07, 6.45) is 2.40. The molecule has 0 aliphatic rings. The SMILES string of the molecule is C=CCn1c(SCC(=O)Nc2ccc(C)c(C)c2)nnc1[C@H](CC(C)C)NC(=O)c1ccccc1Cl. The van der Waals surface area contributed by atoms with Gasteiger partial charge in [-0.2, -0.15) is 0 Å². The number of amides is 2. The van der Waals surface area contributed by atoms with E-state index in [1.165, 1.54) is 17.3 Å². The van der Waals surface area contributed by atoms with Gasteiger partial charge in [0.2, 0.25) is 5.91 Å². The van der Waals surface area contributed by atoms with Crippen molar-refractivity contribution in [2.24, 2.45) is 5.92 Å². The first-order valence-electron chi connectivity index (χ1n) is 11.8. The Labute approximate surface area is 221 Å². The molecule has 0 aliphatic heterocycles. The molecule has 3 aromatic rings. The highest BCUT2D eigenvalue weighted by molar-refractivity contribution is 7.99.